The van der Waals surface area contributed by atoms with E-state index in [4.69, 9.17) is 4.42 Å². The van der Waals surface area contributed by atoms with Crippen LogP contribution in [0.15, 0.2) is 21.2 Å². The van der Waals surface area contributed by atoms with Gasteiger partial charge in [-0.2, -0.15) is 0 Å². The highest BCUT2D eigenvalue weighted by atomic mass is 79.9. The Morgan fingerprint density at radius 1 is 1.31 bits per heavy atom. The molecule has 0 saturated heterocycles. The van der Waals surface area contributed by atoms with Crippen LogP contribution in [0.3, 0.4) is 0 Å². The van der Waals surface area contributed by atoms with E-state index < -0.39 is 6.10 Å². The third kappa shape index (κ3) is 3.11. The van der Waals surface area contributed by atoms with E-state index in [1.54, 1.807) is 6.26 Å². The number of aliphatic hydroxyl groups excluding tert-OH is 1. The lowest BCUT2D eigenvalue weighted by molar-refractivity contribution is 0.115. The van der Waals surface area contributed by atoms with Crippen LogP contribution in [0.1, 0.15) is 56.8 Å². The first-order valence-electron chi connectivity index (χ1n) is 6.18. The zero-order valence-electron chi connectivity index (χ0n) is 9.49. The van der Waals surface area contributed by atoms with Crippen molar-refractivity contribution in [2.45, 2.75) is 51.0 Å². The number of hydrogen-bond donors (Lipinski definition) is 1. The molecule has 90 valence electrons. The Hall–Kier alpha value is -0.280. The summed E-state index contributed by atoms with van der Waals surface area (Å²) >= 11 is 3.39. The Balaban J connectivity index is 1.91. The van der Waals surface area contributed by atoms with Gasteiger partial charge < -0.3 is 9.52 Å². The molecule has 1 heterocycles. The maximum Gasteiger partial charge on any atom is 0.146 e. The Morgan fingerprint density at radius 2 is 2.00 bits per heavy atom. The van der Waals surface area contributed by atoms with Gasteiger partial charge in [-0.1, -0.05) is 38.5 Å². The molecule has 0 bridgehead atoms. The van der Waals surface area contributed by atoms with Gasteiger partial charge in [0.2, 0.25) is 0 Å². The van der Waals surface area contributed by atoms with Gasteiger partial charge in [-0.15, -0.1) is 0 Å². The van der Waals surface area contributed by atoms with Crippen molar-refractivity contribution >= 4 is 15.9 Å². The molecule has 1 aromatic rings. The van der Waals surface area contributed by atoms with Crippen molar-refractivity contribution in [3.05, 3.63) is 22.6 Å². The number of aliphatic hydroxyl groups is 1. The Kier molecular flexibility index (Phi) is 4.47. The van der Waals surface area contributed by atoms with Gasteiger partial charge in [0, 0.05) is 0 Å². The summed E-state index contributed by atoms with van der Waals surface area (Å²) in [6, 6.07) is 1.84. The maximum atomic E-state index is 10.1. The van der Waals surface area contributed by atoms with Gasteiger partial charge in [-0.3, -0.25) is 0 Å². The van der Waals surface area contributed by atoms with Gasteiger partial charge >= 0.3 is 0 Å². The largest absolute Gasteiger partial charge is 0.465 e. The SMILES string of the molecule is OC(CC1CCCCCC1)c1occc1Br. The minimum atomic E-state index is -0.451. The molecule has 2 rings (SSSR count). The van der Waals surface area contributed by atoms with Gasteiger partial charge in [0.15, 0.2) is 0 Å². The maximum absolute atomic E-state index is 10.1. The van der Waals surface area contributed by atoms with Crippen LogP contribution in [0.4, 0.5) is 0 Å². The summed E-state index contributed by atoms with van der Waals surface area (Å²) in [5.74, 6) is 1.35. The van der Waals surface area contributed by atoms with E-state index in [9.17, 15) is 5.11 Å². The van der Waals surface area contributed by atoms with Crippen LogP contribution in [0, 0.1) is 5.92 Å². The first-order chi connectivity index (χ1) is 7.77. The first kappa shape index (κ1) is 12.2. The van der Waals surface area contributed by atoms with E-state index >= 15 is 0 Å². The molecule has 1 N–H and O–H groups in total. The van der Waals surface area contributed by atoms with Gasteiger partial charge in [0.05, 0.1) is 10.7 Å². The molecule has 0 aromatic carbocycles. The van der Waals surface area contributed by atoms with Crippen molar-refractivity contribution in [2.75, 3.05) is 0 Å². The number of hydrogen-bond acceptors (Lipinski definition) is 2. The molecular weight excluding hydrogens is 268 g/mol. The van der Waals surface area contributed by atoms with Crippen LogP contribution in [0.2, 0.25) is 0 Å². The van der Waals surface area contributed by atoms with E-state index in [0.717, 1.165) is 10.9 Å². The summed E-state index contributed by atoms with van der Waals surface area (Å²) in [5, 5.41) is 10.1. The Morgan fingerprint density at radius 3 is 2.56 bits per heavy atom. The average molecular weight is 287 g/mol. The predicted octanol–water partition coefficient (Wildman–Crippen LogP) is 4.44. The summed E-state index contributed by atoms with van der Waals surface area (Å²) in [6.45, 7) is 0. The summed E-state index contributed by atoms with van der Waals surface area (Å²) in [4.78, 5) is 0. The quantitative estimate of drug-likeness (QED) is 0.834. The number of furan rings is 1. The van der Waals surface area contributed by atoms with Gasteiger partial charge in [0.25, 0.3) is 0 Å². The fourth-order valence-corrected chi connectivity index (χ4v) is 3.03. The third-order valence-corrected chi connectivity index (χ3v) is 4.13. The second-order valence-electron chi connectivity index (χ2n) is 4.74. The van der Waals surface area contributed by atoms with E-state index in [-0.39, 0.29) is 0 Å². The molecule has 1 atom stereocenters. The fourth-order valence-electron chi connectivity index (χ4n) is 2.57. The van der Waals surface area contributed by atoms with Crippen LogP contribution < -0.4 is 0 Å². The van der Waals surface area contributed by atoms with Crippen molar-refractivity contribution in [3.63, 3.8) is 0 Å². The molecule has 16 heavy (non-hydrogen) atoms. The lowest BCUT2D eigenvalue weighted by Gasteiger charge is -2.17. The van der Waals surface area contributed by atoms with E-state index in [1.165, 1.54) is 38.5 Å². The molecule has 0 spiro atoms. The van der Waals surface area contributed by atoms with Crippen LogP contribution >= 0.6 is 15.9 Å². The molecule has 0 amide bonds. The number of rotatable bonds is 3. The third-order valence-electron chi connectivity index (χ3n) is 3.48. The molecule has 1 unspecified atom stereocenters. The van der Waals surface area contributed by atoms with Gasteiger partial charge in [0.1, 0.15) is 11.9 Å². The fraction of sp³-hybridized carbons (Fsp3) is 0.692. The minimum absolute atomic E-state index is 0.451. The molecular formula is C13H19BrO2. The Labute approximate surface area is 105 Å². The summed E-state index contributed by atoms with van der Waals surface area (Å²) in [6.07, 6.45) is 9.88. The first-order valence-corrected chi connectivity index (χ1v) is 6.97. The van der Waals surface area contributed by atoms with Crippen LogP contribution in [0.5, 0.6) is 0 Å². The van der Waals surface area contributed by atoms with Crippen LogP contribution in [-0.2, 0) is 0 Å². The lowest BCUT2D eigenvalue weighted by Crippen LogP contribution is -2.06. The highest BCUT2D eigenvalue weighted by Crippen LogP contribution is 2.33. The average Bonchev–Trinajstić information content (AvgIpc) is 2.53. The number of halogens is 1. The summed E-state index contributed by atoms with van der Waals surface area (Å²) < 4.78 is 6.18. The highest BCUT2D eigenvalue weighted by Gasteiger charge is 2.21. The normalized spacial score (nSPS) is 20.6. The minimum Gasteiger partial charge on any atom is -0.465 e. The molecule has 1 fully saturated rings. The van der Waals surface area contributed by atoms with Crippen molar-refractivity contribution < 1.29 is 9.52 Å². The highest BCUT2D eigenvalue weighted by molar-refractivity contribution is 9.10. The van der Waals surface area contributed by atoms with E-state index in [1.807, 2.05) is 6.07 Å². The topological polar surface area (TPSA) is 33.4 Å². The molecule has 1 saturated carbocycles. The van der Waals surface area contributed by atoms with Crippen molar-refractivity contribution in [1.82, 2.24) is 0 Å². The predicted molar refractivity (Wildman–Crippen MR) is 67.2 cm³/mol. The summed E-state index contributed by atoms with van der Waals surface area (Å²) in [5.41, 5.74) is 0. The lowest BCUT2D eigenvalue weighted by atomic mass is 9.93. The second kappa shape index (κ2) is 5.87. The molecule has 3 heteroatoms. The van der Waals surface area contributed by atoms with Gasteiger partial charge in [-0.05, 0) is 34.3 Å². The molecule has 0 aliphatic heterocycles. The van der Waals surface area contributed by atoms with Crippen LogP contribution in [0.25, 0.3) is 0 Å². The summed E-state index contributed by atoms with van der Waals surface area (Å²) in [7, 11) is 0. The van der Waals surface area contributed by atoms with Crippen LogP contribution in [-0.4, -0.2) is 5.11 Å². The smallest absolute Gasteiger partial charge is 0.146 e. The molecule has 1 aliphatic carbocycles. The van der Waals surface area contributed by atoms with Crippen molar-refractivity contribution in [2.24, 2.45) is 5.92 Å². The zero-order valence-corrected chi connectivity index (χ0v) is 11.1. The van der Waals surface area contributed by atoms with E-state index in [0.29, 0.717) is 11.7 Å². The van der Waals surface area contributed by atoms with Gasteiger partial charge in [-0.25, -0.2) is 0 Å². The Bertz CT molecular complexity index is 313. The standard InChI is InChI=1S/C13H19BrO2/c14-11-7-8-16-13(11)12(15)9-10-5-3-1-2-4-6-10/h7-8,10,12,15H,1-6,9H2. The van der Waals surface area contributed by atoms with E-state index in [2.05, 4.69) is 15.9 Å². The molecule has 0 radical (unpaired) electrons. The monoisotopic (exact) mass is 286 g/mol. The molecule has 2 nitrogen and oxygen atoms in total. The molecule has 1 aromatic heterocycles. The van der Waals surface area contributed by atoms with Crippen molar-refractivity contribution in [1.29, 1.82) is 0 Å². The molecule has 1 aliphatic rings. The zero-order chi connectivity index (χ0) is 11.4. The second-order valence-corrected chi connectivity index (χ2v) is 5.60. The van der Waals surface area contributed by atoms with Crippen molar-refractivity contribution in [3.8, 4) is 0 Å².